The summed E-state index contributed by atoms with van der Waals surface area (Å²) >= 11 is 8.41. The van der Waals surface area contributed by atoms with Gasteiger partial charge in [0.05, 0.1) is 0 Å². The summed E-state index contributed by atoms with van der Waals surface area (Å²) < 4.78 is 6.68. The second kappa shape index (κ2) is 5.72. The molecule has 0 atom stereocenters. The molecular weight excluding hydrogens is 322 g/mol. The highest BCUT2D eigenvalue weighted by Crippen LogP contribution is 2.28. The van der Waals surface area contributed by atoms with Crippen LogP contribution in [0.4, 0.5) is 0 Å². The number of thiocarbonyl (C=S) groups is 1. The maximum Gasteiger partial charge on any atom is 0.128 e. The Kier molecular flexibility index (Phi) is 4.22. The van der Waals surface area contributed by atoms with E-state index in [4.69, 9.17) is 22.7 Å². The fourth-order valence-electron chi connectivity index (χ4n) is 1.89. The van der Waals surface area contributed by atoms with Gasteiger partial charge in [0.15, 0.2) is 0 Å². The minimum atomic E-state index is 0.366. The van der Waals surface area contributed by atoms with Gasteiger partial charge in [-0.1, -0.05) is 18.3 Å². The van der Waals surface area contributed by atoms with Gasteiger partial charge in [0, 0.05) is 10.0 Å². The fraction of sp³-hybridized carbons (Fsp3) is 0.133. The van der Waals surface area contributed by atoms with E-state index in [0.29, 0.717) is 4.99 Å². The standard InChI is InChI=1S/C15H14BrNOS/c1-9-5-10(2)7-12(6-9)18-11-3-4-13(15(17)19)14(16)8-11/h3-8H,1-2H3,(H2,17,19). The molecule has 4 heteroatoms. The molecule has 0 saturated carbocycles. The molecule has 98 valence electrons. The van der Waals surface area contributed by atoms with Crippen LogP contribution in [0.3, 0.4) is 0 Å². The first kappa shape index (κ1) is 14.0. The van der Waals surface area contributed by atoms with E-state index in [1.807, 2.05) is 44.2 Å². The van der Waals surface area contributed by atoms with Gasteiger partial charge in [-0.05, 0) is 71.2 Å². The molecule has 19 heavy (non-hydrogen) atoms. The summed E-state index contributed by atoms with van der Waals surface area (Å²) in [5.41, 5.74) is 8.78. The molecule has 2 aromatic carbocycles. The van der Waals surface area contributed by atoms with E-state index in [-0.39, 0.29) is 0 Å². The largest absolute Gasteiger partial charge is 0.457 e. The Morgan fingerprint density at radius 3 is 2.21 bits per heavy atom. The first-order valence-electron chi connectivity index (χ1n) is 5.81. The van der Waals surface area contributed by atoms with Crippen LogP contribution < -0.4 is 10.5 Å². The van der Waals surface area contributed by atoms with Gasteiger partial charge in [0.1, 0.15) is 16.5 Å². The number of halogens is 1. The molecule has 2 N–H and O–H groups in total. The molecule has 0 spiro atoms. The number of nitrogens with two attached hydrogens (primary N) is 1. The van der Waals surface area contributed by atoms with Crippen molar-refractivity contribution in [1.82, 2.24) is 0 Å². The summed E-state index contributed by atoms with van der Waals surface area (Å²) in [6.45, 7) is 4.09. The lowest BCUT2D eigenvalue weighted by atomic mass is 10.1. The van der Waals surface area contributed by atoms with Gasteiger partial charge in [-0.15, -0.1) is 0 Å². The van der Waals surface area contributed by atoms with Crippen molar-refractivity contribution in [3.05, 3.63) is 57.6 Å². The van der Waals surface area contributed by atoms with Gasteiger partial charge in [-0.3, -0.25) is 0 Å². The smallest absolute Gasteiger partial charge is 0.128 e. The monoisotopic (exact) mass is 335 g/mol. The van der Waals surface area contributed by atoms with Gasteiger partial charge >= 0.3 is 0 Å². The van der Waals surface area contributed by atoms with E-state index in [1.54, 1.807) is 0 Å². The van der Waals surface area contributed by atoms with Gasteiger partial charge in [-0.2, -0.15) is 0 Å². The molecule has 2 aromatic rings. The molecule has 0 aliphatic heterocycles. The summed E-state index contributed by atoms with van der Waals surface area (Å²) in [5, 5.41) is 0. The third-order valence-electron chi connectivity index (χ3n) is 2.64. The summed E-state index contributed by atoms with van der Waals surface area (Å²) in [7, 11) is 0. The van der Waals surface area contributed by atoms with E-state index < -0.39 is 0 Å². The molecule has 0 heterocycles. The van der Waals surface area contributed by atoms with Crippen LogP contribution in [0, 0.1) is 13.8 Å². The van der Waals surface area contributed by atoms with Crippen LogP contribution in [0.5, 0.6) is 11.5 Å². The lowest BCUT2D eigenvalue weighted by Gasteiger charge is -2.10. The summed E-state index contributed by atoms with van der Waals surface area (Å²) in [5.74, 6) is 1.57. The van der Waals surface area contributed by atoms with E-state index in [9.17, 15) is 0 Å². The predicted molar refractivity (Wildman–Crippen MR) is 86.0 cm³/mol. The highest BCUT2D eigenvalue weighted by atomic mass is 79.9. The lowest BCUT2D eigenvalue weighted by molar-refractivity contribution is 0.481. The third kappa shape index (κ3) is 3.55. The Morgan fingerprint density at radius 2 is 1.68 bits per heavy atom. The Labute approximate surface area is 126 Å². The second-order valence-corrected chi connectivity index (χ2v) is 5.73. The van der Waals surface area contributed by atoms with Crippen molar-refractivity contribution in [2.24, 2.45) is 5.73 Å². The minimum Gasteiger partial charge on any atom is -0.457 e. The number of hydrogen-bond acceptors (Lipinski definition) is 2. The van der Waals surface area contributed by atoms with Crippen molar-refractivity contribution in [3.63, 3.8) is 0 Å². The van der Waals surface area contributed by atoms with Crippen molar-refractivity contribution in [2.45, 2.75) is 13.8 Å². The van der Waals surface area contributed by atoms with Crippen LogP contribution in [-0.4, -0.2) is 4.99 Å². The maximum atomic E-state index is 5.84. The molecule has 0 aromatic heterocycles. The Bertz CT molecular complexity index is 620. The van der Waals surface area contributed by atoms with Gasteiger partial charge in [0.2, 0.25) is 0 Å². The zero-order valence-electron chi connectivity index (χ0n) is 10.7. The van der Waals surface area contributed by atoms with Gasteiger partial charge in [-0.25, -0.2) is 0 Å². The zero-order chi connectivity index (χ0) is 14.0. The topological polar surface area (TPSA) is 35.2 Å². The van der Waals surface area contributed by atoms with Gasteiger partial charge < -0.3 is 10.5 Å². The van der Waals surface area contributed by atoms with Crippen molar-refractivity contribution < 1.29 is 4.74 Å². The van der Waals surface area contributed by atoms with Crippen LogP contribution in [0.1, 0.15) is 16.7 Å². The van der Waals surface area contributed by atoms with E-state index >= 15 is 0 Å². The quantitative estimate of drug-likeness (QED) is 0.839. The SMILES string of the molecule is Cc1cc(C)cc(Oc2ccc(C(N)=S)c(Br)c2)c1. The summed E-state index contributed by atoms with van der Waals surface area (Å²) in [6, 6.07) is 11.7. The van der Waals surface area contributed by atoms with Crippen LogP contribution in [-0.2, 0) is 0 Å². The van der Waals surface area contributed by atoms with Crippen molar-refractivity contribution >= 4 is 33.1 Å². The molecule has 0 aliphatic carbocycles. The lowest BCUT2D eigenvalue weighted by Crippen LogP contribution is -2.09. The van der Waals surface area contributed by atoms with Crippen LogP contribution in [0.25, 0.3) is 0 Å². The molecular formula is C15H14BrNOS. The Hall–Kier alpha value is -1.39. The van der Waals surface area contributed by atoms with Crippen LogP contribution in [0.15, 0.2) is 40.9 Å². The first-order chi connectivity index (χ1) is 8.95. The number of ether oxygens (including phenoxy) is 1. The van der Waals surface area contributed by atoms with E-state index in [0.717, 1.165) is 21.5 Å². The molecule has 0 saturated heterocycles. The number of benzene rings is 2. The average Bonchev–Trinajstić information content (AvgIpc) is 2.26. The predicted octanol–water partition coefficient (Wildman–Crippen LogP) is 4.49. The molecule has 0 aliphatic rings. The first-order valence-corrected chi connectivity index (χ1v) is 7.01. The van der Waals surface area contributed by atoms with E-state index in [2.05, 4.69) is 22.0 Å². The molecule has 0 radical (unpaired) electrons. The molecule has 0 bridgehead atoms. The molecule has 0 unspecified atom stereocenters. The number of hydrogen-bond donors (Lipinski definition) is 1. The molecule has 0 fully saturated rings. The highest BCUT2D eigenvalue weighted by Gasteiger charge is 2.06. The number of rotatable bonds is 3. The average molecular weight is 336 g/mol. The maximum absolute atomic E-state index is 5.84. The Balaban J connectivity index is 2.28. The fourth-order valence-corrected chi connectivity index (χ4v) is 2.77. The molecule has 2 rings (SSSR count). The Morgan fingerprint density at radius 1 is 1.05 bits per heavy atom. The number of aryl methyl sites for hydroxylation is 2. The van der Waals surface area contributed by atoms with Gasteiger partial charge in [0.25, 0.3) is 0 Å². The molecule has 0 amide bonds. The van der Waals surface area contributed by atoms with Crippen molar-refractivity contribution in [3.8, 4) is 11.5 Å². The van der Waals surface area contributed by atoms with Crippen LogP contribution in [0.2, 0.25) is 0 Å². The van der Waals surface area contributed by atoms with Crippen molar-refractivity contribution in [1.29, 1.82) is 0 Å². The van der Waals surface area contributed by atoms with Crippen molar-refractivity contribution in [2.75, 3.05) is 0 Å². The van der Waals surface area contributed by atoms with E-state index in [1.165, 1.54) is 11.1 Å². The minimum absolute atomic E-state index is 0.366. The highest BCUT2D eigenvalue weighted by molar-refractivity contribution is 9.10. The second-order valence-electron chi connectivity index (χ2n) is 4.43. The summed E-state index contributed by atoms with van der Waals surface area (Å²) in [4.78, 5) is 0.366. The zero-order valence-corrected chi connectivity index (χ0v) is 13.1. The van der Waals surface area contributed by atoms with Crippen LogP contribution >= 0.6 is 28.1 Å². The molecule has 2 nitrogen and oxygen atoms in total. The summed E-state index contributed by atoms with van der Waals surface area (Å²) in [6.07, 6.45) is 0. The normalized spacial score (nSPS) is 10.3. The third-order valence-corrected chi connectivity index (χ3v) is 3.51.